The Labute approximate surface area is 149 Å². The van der Waals surface area contributed by atoms with Crippen molar-refractivity contribution >= 4 is 15.9 Å². The van der Waals surface area contributed by atoms with Crippen molar-refractivity contribution in [2.75, 3.05) is 6.54 Å². The Balaban J connectivity index is 3.47. The largest absolute Gasteiger partial charge is 0.289 e. The first kappa shape index (κ1) is 21.5. The van der Waals surface area contributed by atoms with Crippen LogP contribution in [0.2, 0.25) is 0 Å². The lowest BCUT2D eigenvalue weighted by Crippen LogP contribution is -2.55. The fourth-order valence-electron chi connectivity index (χ4n) is 2.55. The van der Waals surface area contributed by atoms with Gasteiger partial charge in [0.2, 0.25) is 10.0 Å². The Bertz CT molecular complexity index is 699. The van der Waals surface area contributed by atoms with E-state index >= 15 is 0 Å². The zero-order chi connectivity index (χ0) is 19.4. The van der Waals surface area contributed by atoms with Crippen LogP contribution in [0.25, 0.3) is 0 Å². The first-order valence-corrected chi connectivity index (χ1v) is 9.56. The third kappa shape index (κ3) is 5.49. The third-order valence-corrected chi connectivity index (χ3v) is 5.66. The van der Waals surface area contributed by atoms with Gasteiger partial charge in [-0.15, -0.1) is 0 Å². The molecule has 0 radical (unpaired) electrons. The van der Waals surface area contributed by atoms with Crippen molar-refractivity contribution in [3.63, 3.8) is 0 Å². The molecular formula is C17H27FN2O4S. The number of benzene rings is 1. The van der Waals surface area contributed by atoms with E-state index in [1.165, 1.54) is 12.1 Å². The molecule has 25 heavy (non-hydrogen) atoms. The van der Waals surface area contributed by atoms with E-state index in [2.05, 4.69) is 0 Å². The van der Waals surface area contributed by atoms with Gasteiger partial charge >= 0.3 is 0 Å². The smallest absolute Gasteiger partial charge is 0.262 e. The van der Waals surface area contributed by atoms with Gasteiger partial charge in [0, 0.05) is 6.54 Å². The van der Waals surface area contributed by atoms with Gasteiger partial charge in [-0.2, -0.15) is 4.31 Å². The Morgan fingerprint density at radius 2 is 1.92 bits per heavy atom. The highest BCUT2D eigenvalue weighted by molar-refractivity contribution is 7.89. The van der Waals surface area contributed by atoms with Crippen LogP contribution in [0, 0.1) is 17.2 Å². The van der Waals surface area contributed by atoms with Crippen molar-refractivity contribution in [2.24, 2.45) is 11.3 Å². The SMILES string of the molecule is CC(C)CCN([C@@H](C(=O)NO)C(C)(C)C)S(=O)(=O)c1cccc(F)c1. The van der Waals surface area contributed by atoms with Crippen LogP contribution in [0.4, 0.5) is 4.39 Å². The second-order valence-corrected chi connectivity index (χ2v) is 9.39. The van der Waals surface area contributed by atoms with Gasteiger partial charge in [0.15, 0.2) is 0 Å². The van der Waals surface area contributed by atoms with E-state index in [0.717, 1.165) is 16.4 Å². The van der Waals surface area contributed by atoms with E-state index in [0.29, 0.717) is 6.42 Å². The molecule has 6 nitrogen and oxygen atoms in total. The van der Waals surface area contributed by atoms with E-state index < -0.39 is 33.2 Å². The lowest BCUT2D eigenvalue weighted by atomic mass is 9.86. The molecule has 0 aromatic heterocycles. The molecule has 1 amide bonds. The molecule has 0 spiro atoms. The lowest BCUT2D eigenvalue weighted by molar-refractivity contribution is -0.136. The number of nitrogens with one attached hydrogen (secondary N) is 1. The van der Waals surface area contributed by atoms with Crippen LogP contribution in [0.3, 0.4) is 0 Å². The minimum Gasteiger partial charge on any atom is -0.289 e. The third-order valence-electron chi connectivity index (χ3n) is 3.80. The molecular weight excluding hydrogens is 347 g/mol. The molecule has 2 N–H and O–H groups in total. The van der Waals surface area contributed by atoms with Crippen LogP contribution in [0.15, 0.2) is 29.2 Å². The van der Waals surface area contributed by atoms with Crippen molar-refractivity contribution in [3.05, 3.63) is 30.1 Å². The van der Waals surface area contributed by atoms with E-state index in [-0.39, 0.29) is 17.4 Å². The molecule has 1 aromatic carbocycles. The summed E-state index contributed by atoms with van der Waals surface area (Å²) in [5.41, 5.74) is 0.768. The number of sulfonamides is 1. The van der Waals surface area contributed by atoms with Crippen molar-refractivity contribution in [3.8, 4) is 0 Å². The maximum Gasteiger partial charge on any atom is 0.262 e. The Kier molecular flexibility index (Phi) is 7.10. The van der Waals surface area contributed by atoms with Crippen LogP contribution in [0.5, 0.6) is 0 Å². The predicted molar refractivity (Wildman–Crippen MR) is 92.9 cm³/mol. The highest BCUT2D eigenvalue weighted by Gasteiger charge is 2.42. The summed E-state index contributed by atoms with van der Waals surface area (Å²) in [6.45, 7) is 9.06. The van der Waals surface area contributed by atoms with Gasteiger partial charge in [0.1, 0.15) is 11.9 Å². The number of hydroxylamine groups is 1. The minimum absolute atomic E-state index is 0.0753. The molecule has 1 rings (SSSR count). The number of hydrogen-bond donors (Lipinski definition) is 2. The number of carbonyl (C=O) groups excluding carboxylic acids is 1. The molecule has 142 valence electrons. The fraction of sp³-hybridized carbons (Fsp3) is 0.588. The van der Waals surface area contributed by atoms with Crippen LogP contribution < -0.4 is 5.48 Å². The number of amides is 1. The first-order valence-electron chi connectivity index (χ1n) is 8.12. The predicted octanol–water partition coefficient (Wildman–Crippen LogP) is 2.78. The lowest BCUT2D eigenvalue weighted by Gasteiger charge is -2.37. The summed E-state index contributed by atoms with van der Waals surface area (Å²) in [5.74, 6) is -1.30. The molecule has 0 saturated carbocycles. The van der Waals surface area contributed by atoms with Crippen LogP contribution in [-0.2, 0) is 14.8 Å². The normalized spacial score (nSPS) is 14.0. The highest BCUT2D eigenvalue weighted by Crippen LogP contribution is 2.30. The molecule has 0 fully saturated rings. The van der Waals surface area contributed by atoms with Gasteiger partial charge in [-0.25, -0.2) is 18.3 Å². The molecule has 1 atom stereocenters. The van der Waals surface area contributed by atoms with Crippen LogP contribution in [0.1, 0.15) is 41.0 Å². The average Bonchev–Trinajstić information content (AvgIpc) is 2.49. The van der Waals surface area contributed by atoms with E-state index in [9.17, 15) is 17.6 Å². The molecule has 0 heterocycles. The highest BCUT2D eigenvalue weighted by atomic mass is 32.2. The molecule has 0 aliphatic heterocycles. The van der Waals surface area contributed by atoms with Gasteiger partial charge in [-0.05, 0) is 36.0 Å². The number of carbonyl (C=O) groups is 1. The fourth-order valence-corrected chi connectivity index (χ4v) is 4.37. The van der Waals surface area contributed by atoms with Gasteiger partial charge < -0.3 is 0 Å². The quantitative estimate of drug-likeness (QED) is 0.567. The number of hydrogen-bond acceptors (Lipinski definition) is 4. The van der Waals surface area contributed by atoms with Gasteiger partial charge in [0.05, 0.1) is 4.90 Å². The molecule has 0 aliphatic carbocycles. The van der Waals surface area contributed by atoms with Crippen molar-refractivity contribution in [1.29, 1.82) is 0 Å². The van der Waals surface area contributed by atoms with Crippen LogP contribution in [-0.4, -0.2) is 36.4 Å². The van der Waals surface area contributed by atoms with Gasteiger partial charge in [0.25, 0.3) is 5.91 Å². The number of nitrogens with zero attached hydrogens (tertiary/aromatic N) is 1. The maximum atomic E-state index is 13.5. The van der Waals surface area contributed by atoms with Crippen molar-refractivity contribution < 1.29 is 22.8 Å². The molecule has 0 aliphatic rings. The summed E-state index contributed by atoms with van der Waals surface area (Å²) >= 11 is 0. The van der Waals surface area contributed by atoms with E-state index in [1.807, 2.05) is 13.8 Å². The monoisotopic (exact) mass is 374 g/mol. The number of halogens is 1. The summed E-state index contributed by atoms with van der Waals surface area (Å²) in [6.07, 6.45) is 0.514. The zero-order valence-electron chi connectivity index (χ0n) is 15.3. The molecule has 0 saturated heterocycles. The topological polar surface area (TPSA) is 86.7 Å². The maximum absolute atomic E-state index is 13.5. The van der Waals surface area contributed by atoms with E-state index in [4.69, 9.17) is 5.21 Å². The summed E-state index contributed by atoms with van der Waals surface area (Å²) in [7, 11) is -4.14. The number of rotatable bonds is 7. The van der Waals surface area contributed by atoms with Crippen molar-refractivity contribution in [1.82, 2.24) is 9.79 Å². The Morgan fingerprint density at radius 1 is 1.32 bits per heavy atom. The zero-order valence-corrected chi connectivity index (χ0v) is 16.1. The second kappa shape index (κ2) is 8.25. The molecule has 0 unspecified atom stereocenters. The Hall–Kier alpha value is -1.51. The first-order chi connectivity index (χ1) is 11.4. The average molecular weight is 374 g/mol. The minimum atomic E-state index is -4.14. The Morgan fingerprint density at radius 3 is 2.36 bits per heavy atom. The van der Waals surface area contributed by atoms with E-state index in [1.54, 1.807) is 26.3 Å². The summed E-state index contributed by atoms with van der Waals surface area (Å²) < 4.78 is 40.8. The van der Waals surface area contributed by atoms with Gasteiger partial charge in [-0.3, -0.25) is 10.0 Å². The summed E-state index contributed by atoms with van der Waals surface area (Å²) in [6, 6.07) is 3.52. The summed E-state index contributed by atoms with van der Waals surface area (Å²) in [4.78, 5) is 12.0. The standard InChI is InChI=1S/C17H27FN2O4S/c1-12(2)9-10-20(15(16(21)19-22)17(3,4)5)25(23,24)14-8-6-7-13(18)11-14/h6-8,11-12,15,22H,9-10H2,1-5H3,(H,19,21)/t15-/m0/s1. The molecule has 8 heteroatoms. The summed E-state index contributed by atoms with van der Waals surface area (Å²) in [5, 5.41) is 9.09. The van der Waals surface area contributed by atoms with Crippen molar-refractivity contribution in [2.45, 2.75) is 52.0 Å². The van der Waals surface area contributed by atoms with Gasteiger partial charge in [-0.1, -0.05) is 40.7 Å². The molecule has 1 aromatic rings. The molecule has 0 bridgehead atoms. The second-order valence-electron chi connectivity index (χ2n) is 7.50. The van der Waals surface area contributed by atoms with Crippen LogP contribution >= 0.6 is 0 Å².